The van der Waals surface area contributed by atoms with Gasteiger partial charge in [0.2, 0.25) is 0 Å². The Kier molecular flexibility index (Phi) is 2.94. The Morgan fingerprint density at radius 2 is 1.58 bits per heavy atom. The zero-order valence-corrected chi connectivity index (χ0v) is 10.2. The highest BCUT2D eigenvalue weighted by Crippen LogP contribution is 2.29. The van der Waals surface area contributed by atoms with Gasteiger partial charge in [-0.3, -0.25) is 9.97 Å². The fraction of sp³-hybridized carbons (Fsp3) is 0. The predicted octanol–water partition coefficient (Wildman–Crippen LogP) is 3.52. The first-order valence-corrected chi connectivity index (χ1v) is 6.00. The molecule has 3 rings (SSSR count). The van der Waals surface area contributed by atoms with E-state index in [1.807, 2.05) is 42.5 Å². The number of hydrogen-bond donors (Lipinski definition) is 1. The van der Waals surface area contributed by atoms with Gasteiger partial charge in [-0.15, -0.1) is 0 Å². The molecule has 0 spiro atoms. The molecule has 2 aromatic heterocycles. The quantitative estimate of drug-likeness (QED) is 0.754. The zero-order valence-electron chi connectivity index (χ0n) is 10.2. The number of aromatic nitrogens is 2. The van der Waals surface area contributed by atoms with E-state index in [0.717, 1.165) is 16.8 Å². The maximum Gasteiger partial charge on any atom is 0.141 e. The van der Waals surface area contributed by atoms with E-state index < -0.39 is 0 Å². The van der Waals surface area contributed by atoms with Crippen molar-refractivity contribution in [2.75, 3.05) is 0 Å². The number of hydrogen-bond acceptors (Lipinski definition) is 3. The summed E-state index contributed by atoms with van der Waals surface area (Å²) in [5.74, 6) is 0.181. The summed E-state index contributed by atoms with van der Waals surface area (Å²) in [6.07, 6.45) is 3.43. The Hall–Kier alpha value is -2.68. The molecular weight excluding hydrogens is 236 g/mol. The summed E-state index contributed by atoms with van der Waals surface area (Å²) in [6.45, 7) is 0. The predicted molar refractivity (Wildman–Crippen MR) is 74.6 cm³/mol. The van der Waals surface area contributed by atoms with Crippen molar-refractivity contribution >= 4 is 0 Å². The fourth-order valence-electron chi connectivity index (χ4n) is 1.98. The van der Waals surface area contributed by atoms with Crippen molar-refractivity contribution in [2.24, 2.45) is 0 Å². The number of pyridine rings is 2. The van der Waals surface area contributed by atoms with E-state index in [9.17, 15) is 5.11 Å². The summed E-state index contributed by atoms with van der Waals surface area (Å²) in [7, 11) is 0. The van der Waals surface area contributed by atoms with E-state index in [2.05, 4.69) is 9.97 Å². The van der Waals surface area contributed by atoms with Gasteiger partial charge >= 0.3 is 0 Å². The minimum Gasteiger partial charge on any atom is -0.506 e. The number of nitrogens with zero attached hydrogens (tertiary/aromatic N) is 2. The van der Waals surface area contributed by atoms with Crippen molar-refractivity contribution in [3.05, 3.63) is 67.0 Å². The summed E-state index contributed by atoms with van der Waals surface area (Å²) >= 11 is 0. The van der Waals surface area contributed by atoms with Gasteiger partial charge in [-0.25, -0.2) is 0 Å². The Bertz CT molecular complexity index is 696. The molecule has 0 amide bonds. The van der Waals surface area contributed by atoms with Crippen LogP contribution >= 0.6 is 0 Å². The average molecular weight is 248 g/mol. The SMILES string of the molecule is Oc1cccnc1-c1cccc(-c2ccccn2)c1. The van der Waals surface area contributed by atoms with Gasteiger partial charge in [0.05, 0.1) is 5.69 Å². The summed E-state index contributed by atoms with van der Waals surface area (Å²) in [4.78, 5) is 8.54. The molecule has 19 heavy (non-hydrogen) atoms. The molecule has 0 unspecified atom stereocenters. The van der Waals surface area contributed by atoms with Crippen LogP contribution < -0.4 is 0 Å². The van der Waals surface area contributed by atoms with Gasteiger partial charge in [0.1, 0.15) is 11.4 Å². The van der Waals surface area contributed by atoms with Gasteiger partial charge in [0.25, 0.3) is 0 Å². The maximum atomic E-state index is 9.85. The van der Waals surface area contributed by atoms with Gasteiger partial charge in [-0.1, -0.05) is 24.3 Å². The molecule has 0 saturated carbocycles. The molecule has 2 heterocycles. The first-order chi connectivity index (χ1) is 9.34. The second-order valence-corrected chi connectivity index (χ2v) is 4.17. The van der Waals surface area contributed by atoms with Crippen LogP contribution in [0.3, 0.4) is 0 Å². The number of rotatable bonds is 2. The number of benzene rings is 1. The van der Waals surface area contributed by atoms with E-state index in [1.54, 1.807) is 24.5 Å². The molecule has 3 aromatic rings. The number of aromatic hydroxyl groups is 1. The first-order valence-electron chi connectivity index (χ1n) is 6.00. The maximum absolute atomic E-state index is 9.85. The van der Waals surface area contributed by atoms with Crippen LogP contribution in [0.15, 0.2) is 67.0 Å². The topological polar surface area (TPSA) is 46.0 Å². The Morgan fingerprint density at radius 3 is 2.37 bits per heavy atom. The second kappa shape index (κ2) is 4.90. The third-order valence-corrected chi connectivity index (χ3v) is 2.88. The van der Waals surface area contributed by atoms with E-state index in [0.29, 0.717) is 5.69 Å². The van der Waals surface area contributed by atoms with Crippen LogP contribution in [0.2, 0.25) is 0 Å². The summed E-state index contributed by atoms with van der Waals surface area (Å²) in [5.41, 5.74) is 3.37. The molecule has 0 radical (unpaired) electrons. The van der Waals surface area contributed by atoms with Gasteiger partial charge in [-0.05, 0) is 30.3 Å². The zero-order chi connectivity index (χ0) is 13.1. The lowest BCUT2D eigenvalue weighted by Crippen LogP contribution is -1.86. The smallest absolute Gasteiger partial charge is 0.141 e. The molecule has 0 aliphatic rings. The first kappa shape index (κ1) is 11.4. The molecule has 0 saturated heterocycles. The molecule has 0 aliphatic heterocycles. The van der Waals surface area contributed by atoms with Crippen molar-refractivity contribution in [2.45, 2.75) is 0 Å². The standard InChI is InChI=1S/C16H12N2O/c19-15-8-4-10-18-16(15)13-6-3-5-12(11-13)14-7-1-2-9-17-14/h1-11,19H. The van der Waals surface area contributed by atoms with Crippen LogP contribution in [-0.2, 0) is 0 Å². The minimum absolute atomic E-state index is 0.181. The minimum atomic E-state index is 0.181. The van der Waals surface area contributed by atoms with E-state index in [-0.39, 0.29) is 5.75 Å². The molecule has 3 heteroatoms. The highest BCUT2D eigenvalue weighted by molar-refractivity contribution is 5.72. The molecule has 0 atom stereocenters. The molecule has 0 bridgehead atoms. The van der Waals surface area contributed by atoms with E-state index in [1.165, 1.54) is 0 Å². The van der Waals surface area contributed by atoms with E-state index in [4.69, 9.17) is 0 Å². The van der Waals surface area contributed by atoms with Crippen LogP contribution in [0.1, 0.15) is 0 Å². The van der Waals surface area contributed by atoms with Crippen LogP contribution in [0, 0.1) is 0 Å². The van der Waals surface area contributed by atoms with Gasteiger partial charge in [-0.2, -0.15) is 0 Å². The fourth-order valence-corrected chi connectivity index (χ4v) is 1.98. The van der Waals surface area contributed by atoms with Crippen LogP contribution in [-0.4, -0.2) is 15.1 Å². The Morgan fingerprint density at radius 1 is 0.737 bits per heavy atom. The van der Waals surface area contributed by atoms with Crippen molar-refractivity contribution < 1.29 is 5.11 Å². The van der Waals surface area contributed by atoms with Gasteiger partial charge in [0.15, 0.2) is 0 Å². The molecule has 0 fully saturated rings. The summed E-state index contributed by atoms with van der Waals surface area (Å²) in [5, 5.41) is 9.85. The average Bonchev–Trinajstić information content (AvgIpc) is 2.49. The van der Waals surface area contributed by atoms with Crippen LogP contribution in [0.4, 0.5) is 0 Å². The molecule has 92 valence electrons. The highest BCUT2D eigenvalue weighted by Gasteiger charge is 2.06. The van der Waals surface area contributed by atoms with Crippen molar-refractivity contribution in [3.8, 4) is 28.3 Å². The van der Waals surface area contributed by atoms with Crippen molar-refractivity contribution in [1.82, 2.24) is 9.97 Å². The van der Waals surface area contributed by atoms with Gasteiger partial charge in [0, 0.05) is 23.5 Å². The third kappa shape index (κ3) is 2.31. The van der Waals surface area contributed by atoms with Crippen molar-refractivity contribution in [1.29, 1.82) is 0 Å². The molecule has 0 aliphatic carbocycles. The Labute approximate surface area is 111 Å². The van der Waals surface area contributed by atoms with E-state index >= 15 is 0 Å². The van der Waals surface area contributed by atoms with Crippen molar-refractivity contribution in [3.63, 3.8) is 0 Å². The highest BCUT2D eigenvalue weighted by atomic mass is 16.3. The monoisotopic (exact) mass is 248 g/mol. The van der Waals surface area contributed by atoms with Gasteiger partial charge < -0.3 is 5.11 Å². The molecule has 3 nitrogen and oxygen atoms in total. The van der Waals surface area contributed by atoms with Crippen LogP contribution in [0.5, 0.6) is 5.75 Å². The lowest BCUT2D eigenvalue weighted by Gasteiger charge is -2.06. The lowest BCUT2D eigenvalue weighted by atomic mass is 10.0. The molecule has 1 N–H and O–H groups in total. The largest absolute Gasteiger partial charge is 0.506 e. The third-order valence-electron chi connectivity index (χ3n) is 2.88. The Balaban J connectivity index is 2.09. The second-order valence-electron chi connectivity index (χ2n) is 4.17. The summed E-state index contributed by atoms with van der Waals surface area (Å²) < 4.78 is 0. The van der Waals surface area contributed by atoms with Crippen LogP contribution in [0.25, 0.3) is 22.5 Å². The molecular formula is C16H12N2O. The lowest BCUT2D eigenvalue weighted by molar-refractivity contribution is 0.475. The summed E-state index contributed by atoms with van der Waals surface area (Å²) in [6, 6.07) is 17.0. The normalized spacial score (nSPS) is 10.3. The molecule has 1 aromatic carbocycles.